The topological polar surface area (TPSA) is 64.3 Å². The van der Waals surface area contributed by atoms with Crippen LogP contribution in [0.5, 0.6) is 0 Å². The second kappa shape index (κ2) is 6.57. The lowest BCUT2D eigenvalue weighted by Gasteiger charge is -2.19. The molecule has 4 nitrogen and oxygen atoms in total. The van der Waals surface area contributed by atoms with E-state index in [0.717, 1.165) is 17.7 Å². The average molecular weight is 264 g/mol. The summed E-state index contributed by atoms with van der Waals surface area (Å²) in [4.78, 5) is 11.8. The Kier molecular flexibility index (Phi) is 5.36. The zero-order valence-electron chi connectivity index (χ0n) is 12.2. The van der Waals surface area contributed by atoms with Crippen molar-refractivity contribution in [3.8, 4) is 0 Å². The Labute approximate surface area is 115 Å². The van der Waals surface area contributed by atoms with Crippen LogP contribution >= 0.6 is 0 Å². The van der Waals surface area contributed by atoms with Crippen molar-refractivity contribution in [2.24, 2.45) is 0 Å². The predicted octanol–water partition coefficient (Wildman–Crippen LogP) is 3.11. The van der Waals surface area contributed by atoms with Crippen LogP contribution in [0.15, 0.2) is 18.2 Å². The Hall–Kier alpha value is -1.55. The van der Waals surface area contributed by atoms with Gasteiger partial charge < -0.3 is 15.8 Å². The van der Waals surface area contributed by atoms with E-state index in [1.807, 2.05) is 39.8 Å². The molecule has 1 rings (SSSR count). The molecule has 0 saturated heterocycles. The van der Waals surface area contributed by atoms with Crippen LogP contribution in [0.1, 0.15) is 39.2 Å². The van der Waals surface area contributed by atoms with Gasteiger partial charge in [-0.05, 0) is 57.9 Å². The lowest BCUT2D eigenvalue weighted by molar-refractivity contribution is -0.116. The van der Waals surface area contributed by atoms with Crippen LogP contribution < -0.4 is 11.1 Å². The van der Waals surface area contributed by atoms with Crippen molar-refractivity contribution in [3.05, 3.63) is 23.8 Å². The number of benzene rings is 1. The highest BCUT2D eigenvalue weighted by Crippen LogP contribution is 2.18. The van der Waals surface area contributed by atoms with Crippen LogP contribution in [-0.4, -0.2) is 18.1 Å². The lowest BCUT2D eigenvalue weighted by Crippen LogP contribution is -2.20. The summed E-state index contributed by atoms with van der Waals surface area (Å²) in [7, 11) is 0. The predicted molar refractivity (Wildman–Crippen MR) is 79.2 cm³/mol. The number of nitrogen functional groups attached to an aromatic ring is 1. The number of hydrogen-bond acceptors (Lipinski definition) is 3. The second-order valence-electron chi connectivity index (χ2n) is 5.69. The van der Waals surface area contributed by atoms with Gasteiger partial charge in [0.05, 0.1) is 5.60 Å². The van der Waals surface area contributed by atoms with Crippen LogP contribution in [0.2, 0.25) is 0 Å². The first-order valence-corrected chi connectivity index (χ1v) is 6.58. The van der Waals surface area contributed by atoms with Crippen LogP contribution in [-0.2, 0) is 9.53 Å². The third-order valence-electron chi connectivity index (χ3n) is 2.61. The standard InChI is InChI=1S/C15H24N2O2/c1-11-10-12(16)7-8-13(11)17-14(18)6-5-9-19-15(2,3)4/h7-8,10H,5-6,9,16H2,1-4H3,(H,17,18). The van der Waals surface area contributed by atoms with E-state index in [9.17, 15) is 4.79 Å². The van der Waals surface area contributed by atoms with Crippen LogP contribution in [0.25, 0.3) is 0 Å². The van der Waals surface area contributed by atoms with E-state index < -0.39 is 0 Å². The average Bonchev–Trinajstić information content (AvgIpc) is 2.27. The minimum absolute atomic E-state index is 0.00498. The molecule has 0 unspecified atom stereocenters. The van der Waals surface area contributed by atoms with Crippen molar-refractivity contribution in [2.75, 3.05) is 17.7 Å². The number of nitrogens with one attached hydrogen (secondary N) is 1. The molecule has 19 heavy (non-hydrogen) atoms. The Balaban J connectivity index is 2.35. The second-order valence-corrected chi connectivity index (χ2v) is 5.69. The summed E-state index contributed by atoms with van der Waals surface area (Å²) >= 11 is 0. The summed E-state index contributed by atoms with van der Waals surface area (Å²) in [6, 6.07) is 5.46. The molecule has 0 heterocycles. The van der Waals surface area contributed by atoms with Gasteiger partial charge in [0.15, 0.2) is 0 Å². The van der Waals surface area contributed by atoms with Crippen molar-refractivity contribution in [3.63, 3.8) is 0 Å². The molecule has 3 N–H and O–H groups in total. The number of hydrogen-bond donors (Lipinski definition) is 2. The van der Waals surface area contributed by atoms with E-state index in [1.54, 1.807) is 6.07 Å². The van der Waals surface area contributed by atoms with Crippen molar-refractivity contribution >= 4 is 17.3 Å². The van der Waals surface area contributed by atoms with Gasteiger partial charge in [-0.15, -0.1) is 0 Å². The number of anilines is 2. The van der Waals surface area contributed by atoms with E-state index in [2.05, 4.69) is 5.32 Å². The molecular formula is C15H24N2O2. The number of aryl methyl sites for hydroxylation is 1. The van der Waals surface area contributed by atoms with Gasteiger partial charge in [0.25, 0.3) is 0 Å². The molecule has 0 aliphatic heterocycles. The fraction of sp³-hybridized carbons (Fsp3) is 0.533. The number of rotatable bonds is 5. The van der Waals surface area contributed by atoms with Crippen LogP contribution in [0, 0.1) is 6.92 Å². The van der Waals surface area contributed by atoms with E-state index in [4.69, 9.17) is 10.5 Å². The highest BCUT2D eigenvalue weighted by atomic mass is 16.5. The molecule has 1 amide bonds. The normalized spacial score (nSPS) is 11.4. The maximum Gasteiger partial charge on any atom is 0.224 e. The van der Waals surface area contributed by atoms with Crippen LogP contribution in [0.4, 0.5) is 11.4 Å². The third-order valence-corrected chi connectivity index (χ3v) is 2.61. The van der Waals surface area contributed by atoms with Crippen LogP contribution in [0.3, 0.4) is 0 Å². The lowest BCUT2D eigenvalue weighted by atomic mass is 10.1. The SMILES string of the molecule is Cc1cc(N)ccc1NC(=O)CCCOC(C)(C)C. The molecule has 0 spiro atoms. The van der Waals surface area contributed by atoms with Crippen molar-refractivity contribution in [1.82, 2.24) is 0 Å². The Morgan fingerprint density at radius 1 is 1.37 bits per heavy atom. The minimum Gasteiger partial charge on any atom is -0.399 e. The minimum atomic E-state index is -0.149. The highest BCUT2D eigenvalue weighted by Gasteiger charge is 2.10. The van der Waals surface area contributed by atoms with Gasteiger partial charge in [0.1, 0.15) is 0 Å². The molecular weight excluding hydrogens is 240 g/mol. The number of ether oxygens (including phenoxy) is 1. The maximum atomic E-state index is 11.8. The van der Waals surface area contributed by atoms with Gasteiger partial charge in [-0.1, -0.05) is 0 Å². The zero-order chi connectivity index (χ0) is 14.5. The monoisotopic (exact) mass is 264 g/mol. The third kappa shape index (κ3) is 6.25. The van der Waals surface area contributed by atoms with Gasteiger partial charge in [-0.2, -0.15) is 0 Å². The molecule has 0 bridgehead atoms. The largest absolute Gasteiger partial charge is 0.399 e. The summed E-state index contributed by atoms with van der Waals surface area (Å²) in [6.45, 7) is 8.53. The summed E-state index contributed by atoms with van der Waals surface area (Å²) in [5.41, 5.74) is 8.01. The summed E-state index contributed by atoms with van der Waals surface area (Å²) in [5, 5.41) is 2.89. The molecule has 0 aliphatic rings. The van der Waals surface area contributed by atoms with Crippen molar-refractivity contribution in [1.29, 1.82) is 0 Å². The van der Waals surface area contributed by atoms with Crippen molar-refractivity contribution in [2.45, 2.75) is 46.1 Å². The van der Waals surface area contributed by atoms with Gasteiger partial charge in [-0.25, -0.2) is 0 Å². The van der Waals surface area contributed by atoms with Gasteiger partial charge in [0.2, 0.25) is 5.91 Å². The quantitative estimate of drug-likeness (QED) is 0.634. The number of carbonyl (C=O) groups is 1. The van der Waals surface area contributed by atoms with Gasteiger partial charge >= 0.3 is 0 Å². The fourth-order valence-electron chi connectivity index (χ4n) is 1.65. The Bertz CT molecular complexity index is 436. The summed E-state index contributed by atoms with van der Waals surface area (Å²) in [6.07, 6.45) is 1.18. The summed E-state index contributed by atoms with van der Waals surface area (Å²) < 4.78 is 5.57. The van der Waals surface area contributed by atoms with E-state index in [-0.39, 0.29) is 11.5 Å². The summed E-state index contributed by atoms with van der Waals surface area (Å²) in [5.74, 6) is 0.00498. The number of carbonyl (C=O) groups excluding carboxylic acids is 1. The zero-order valence-corrected chi connectivity index (χ0v) is 12.2. The smallest absolute Gasteiger partial charge is 0.224 e. The molecule has 1 aromatic carbocycles. The number of nitrogens with two attached hydrogens (primary N) is 1. The van der Waals surface area contributed by atoms with E-state index >= 15 is 0 Å². The Morgan fingerprint density at radius 2 is 2.05 bits per heavy atom. The molecule has 0 saturated carbocycles. The maximum absolute atomic E-state index is 11.8. The molecule has 4 heteroatoms. The first-order valence-electron chi connectivity index (χ1n) is 6.58. The first-order chi connectivity index (χ1) is 8.78. The molecule has 0 fully saturated rings. The van der Waals surface area contributed by atoms with Gasteiger partial charge in [0, 0.05) is 24.4 Å². The van der Waals surface area contributed by atoms with E-state index in [0.29, 0.717) is 18.7 Å². The highest BCUT2D eigenvalue weighted by molar-refractivity contribution is 5.91. The molecule has 0 atom stereocenters. The number of amides is 1. The molecule has 106 valence electrons. The molecule has 0 aromatic heterocycles. The van der Waals surface area contributed by atoms with Crippen molar-refractivity contribution < 1.29 is 9.53 Å². The van der Waals surface area contributed by atoms with E-state index in [1.165, 1.54) is 0 Å². The molecule has 0 radical (unpaired) electrons. The Morgan fingerprint density at radius 3 is 2.63 bits per heavy atom. The molecule has 1 aromatic rings. The fourth-order valence-corrected chi connectivity index (χ4v) is 1.65. The molecule has 0 aliphatic carbocycles. The first kappa shape index (κ1) is 15.5. The van der Waals surface area contributed by atoms with Gasteiger partial charge in [-0.3, -0.25) is 4.79 Å².